The molecule has 0 saturated heterocycles. The molecular weight excluding hydrogens is 236 g/mol. The van der Waals surface area contributed by atoms with Crippen LogP contribution in [0.5, 0.6) is 0 Å². The molecule has 0 fully saturated rings. The van der Waals surface area contributed by atoms with Gasteiger partial charge in [0.15, 0.2) is 4.77 Å². The second-order valence-corrected chi connectivity index (χ2v) is 5.13. The lowest BCUT2D eigenvalue weighted by Crippen LogP contribution is -2.38. The van der Waals surface area contributed by atoms with Crippen LogP contribution in [0.4, 0.5) is 0 Å². The van der Waals surface area contributed by atoms with Crippen molar-refractivity contribution in [2.75, 3.05) is 7.05 Å². The molecule has 2 N–H and O–H groups in total. The minimum absolute atomic E-state index is 0.00282. The maximum absolute atomic E-state index is 11.8. The van der Waals surface area contributed by atoms with Gasteiger partial charge in [0.05, 0.1) is 5.41 Å². The predicted octanol–water partition coefficient (Wildman–Crippen LogP) is 1.67. The highest BCUT2D eigenvalue weighted by Crippen LogP contribution is 2.19. The first-order chi connectivity index (χ1) is 7.92. The van der Waals surface area contributed by atoms with Gasteiger partial charge in [-0.3, -0.25) is 9.89 Å². The maximum Gasteiger partial charge on any atom is 0.227 e. The molecule has 1 amide bonds. The second kappa shape index (κ2) is 5.44. The van der Waals surface area contributed by atoms with Gasteiger partial charge in [0, 0.05) is 20.0 Å². The largest absolute Gasteiger partial charge is 0.359 e. The predicted molar refractivity (Wildman–Crippen MR) is 69.3 cm³/mol. The Labute approximate surface area is 107 Å². The number of hydrogen-bond acceptors (Lipinski definition) is 3. The smallest absolute Gasteiger partial charge is 0.227 e. The summed E-state index contributed by atoms with van der Waals surface area (Å²) in [6.45, 7) is 6.43. The number of rotatable bonds is 5. The molecule has 1 heterocycles. The molecule has 1 aromatic heterocycles. The van der Waals surface area contributed by atoms with Crippen LogP contribution in [-0.4, -0.2) is 27.7 Å². The van der Waals surface area contributed by atoms with E-state index in [0.717, 1.165) is 18.7 Å². The Morgan fingerprint density at radius 1 is 1.59 bits per heavy atom. The number of carbonyl (C=O) groups is 1. The molecule has 0 aliphatic carbocycles. The van der Waals surface area contributed by atoms with Gasteiger partial charge < -0.3 is 9.88 Å². The molecule has 6 heteroatoms. The molecular formula is C11H20N4OS. The van der Waals surface area contributed by atoms with Gasteiger partial charge >= 0.3 is 0 Å². The molecule has 0 bridgehead atoms. The lowest BCUT2D eigenvalue weighted by molar-refractivity contribution is -0.129. The van der Waals surface area contributed by atoms with Crippen LogP contribution in [0.25, 0.3) is 0 Å². The van der Waals surface area contributed by atoms with Gasteiger partial charge in [-0.25, -0.2) is 0 Å². The maximum atomic E-state index is 11.8. The molecule has 0 aliphatic heterocycles. The molecule has 17 heavy (non-hydrogen) atoms. The van der Waals surface area contributed by atoms with E-state index in [0.29, 0.717) is 11.3 Å². The molecule has 0 atom stereocenters. The molecule has 5 nitrogen and oxygen atoms in total. The topological polar surface area (TPSA) is 62.7 Å². The highest BCUT2D eigenvalue weighted by molar-refractivity contribution is 7.71. The Hall–Kier alpha value is -1.17. The first kappa shape index (κ1) is 13.9. The molecule has 0 unspecified atom stereocenters. The van der Waals surface area contributed by atoms with Gasteiger partial charge in [-0.15, -0.1) is 0 Å². The fourth-order valence-electron chi connectivity index (χ4n) is 1.73. The molecule has 0 radical (unpaired) electrons. The first-order valence-electron chi connectivity index (χ1n) is 5.78. The zero-order valence-electron chi connectivity index (χ0n) is 10.8. The standard InChI is InChI=1S/C11H20N4OS/c1-5-6-8-13-14-10(17)15(8)7-11(2,3)9(16)12-4/h5-7H2,1-4H3,(H,12,16)(H,14,17). The van der Waals surface area contributed by atoms with Crippen molar-refractivity contribution >= 4 is 18.1 Å². The Bertz CT molecular complexity index is 447. The third kappa shape index (κ3) is 3.15. The lowest BCUT2D eigenvalue weighted by atomic mass is 9.92. The van der Waals surface area contributed by atoms with E-state index in [1.165, 1.54) is 0 Å². The van der Waals surface area contributed by atoms with Gasteiger partial charge in [-0.2, -0.15) is 5.10 Å². The zero-order valence-corrected chi connectivity index (χ0v) is 11.6. The van der Waals surface area contributed by atoms with Crippen molar-refractivity contribution in [3.63, 3.8) is 0 Å². The summed E-state index contributed by atoms with van der Waals surface area (Å²) in [5.74, 6) is 0.914. The van der Waals surface area contributed by atoms with Crippen molar-refractivity contribution in [3.05, 3.63) is 10.6 Å². The van der Waals surface area contributed by atoms with E-state index in [2.05, 4.69) is 22.4 Å². The van der Waals surface area contributed by atoms with Crippen LogP contribution in [0.1, 0.15) is 33.0 Å². The van der Waals surface area contributed by atoms with E-state index in [9.17, 15) is 4.79 Å². The monoisotopic (exact) mass is 256 g/mol. The van der Waals surface area contributed by atoms with Crippen molar-refractivity contribution in [3.8, 4) is 0 Å². The third-order valence-electron chi connectivity index (χ3n) is 2.71. The average molecular weight is 256 g/mol. The van der Waals surface area contributed by atoms with Crippen LogP contribution in [-0.2, 0) is 17.8 Å². The van der Waals surface area contributed by atoms with E-state index in [-0.39, 0.29) is 5.91 Å². The number of hydrogen-bond donors (Lipinski definition) is 2. The number of aromatic nitrogens is 3. The Morgan fingerprint density at radius 2 is 2.24 bits per heavy atom. The Kier molecular flexibility index (Phi) is 4.45. The van der Waals surface area contributed by atoms with E-state index in [1.807, 2.05) is 18.4 Å². The van der Waals surface area contributed by atoms with E-state index in [1.54, 1.807) is 7.05 Å². The number of amides is 1. The lowest BCUT2D eigenvalue weighted by Gasteiger charge is -2.23. The normalized spacial score (nSPS) is 11.5. The second-order valence-electron chi connectivity index (χ2n) is 4.74. The number of carbonyl (C=O) groups excluding carboxylic acids is 1. The van der Waals surface area contributed by atoms with Crippen molar-refractivity contribution in [1.82, 2.24) is 20.1 Å². The summed E-state index contributed by atoms with van der Waals surface area (Å²) in [6.07, 6.45) is 1.86. The van der Waals surface area contributed by atoms with Gasteiger partial charge in [-0.1, -0.05) is 6.92 Å². The summed E-state index contributed by atoms with van der Waals surface area (Å²) < 4.78 is 2.49. The summed E-state index contributed by atoms with van der Waals surface area (Å²) in [6, 6.07) is 0. The quantitative estimate of drug-likeness (QED) is 0.788. The van der Waals surface area contributed by atoms with Gasteiger partial charge in [0.25, 0.3) is 0 Å². The van der Waals surface area contributed by atoms with Gasteiger partial charge in [0.1, 0.15) is 5.82 Å². The van der Waals surface area contributed by atoms with Crippen molar-refractivity contribution in [1.29, 1.82) is 0 Å². The SMILES string of the molecule is CCCc1n[nH]c(=S)n1CC(C)(C)C(=O)NC. The third-order valence-corrected chi connectivity index (χ3v) is 3.02. The fraction of sp³-hybridized carbons (Fsp3) is 0.727. The fourth-order valence-corrected chi connectivity index (χ4v) is 1.95. The van der Waals surface area contributed by atoms with E-state index < -0.39 is 5.41 Å². The Morgan fingerprint density at radius 3 is 2.76 bits per heavy atom. The van der Waals surface area contributed by atoms with Crippen LogP contribution < -0.4 is 5.32 Å². The van der Waals surface area contributed by atoms with Crippen molar-refractivity contribution in [2.24, 2.45) is 5.41 Å². The molecule has 0 aliphatic rings. The zero-order chi connectivity index (χ0) is 13.1. The van der Waals surface area contributed by atoms with E-state index in [4.69, 9.17) is 12.2 Å². The van der Waals surface area contributed by atoms with Crippen LogP contribution >= 0.6 is 12.2 Å². The highest BCUT2D eigenvalue weighted by Gasteiger charge is 2.28. The summed E-state index contributed by atoms with van der Waals surface area (Å²) in [4.78, 5) is 11.8. The number of nitrogens with one attached hydrogen (secondary N) is 2. The minimum Gasteiger partial charge on any atom is -0.359 e. The van der Waals surface area contributed by atoms with Gasteiger partial charge in [0.2, 0.25) is 5.91 Å². The van der Waals surface area contributed by atoms with Gasteiger partial charge in [-0.05, 0) is 32.5 Å². The molecule has 96 valence electrons. The first-order valence-corrected chi connectivity index (χ1v) is 6.19. The van der Waals surface area contributed by atoms with Crippen molar-refractivity contribution < 1.29 is 4.79 Å². The molecule has 1 rings (SSSR count). The molecule has 0 spiro atoms. The van der Waals surface area contributed by atoms with Crippen LogP contribution in [0.15, 0.2) is 0 Å². The number of aryl methyl sites for hydroxylation is 1. The number of aromatic amines is 1. The summed E-state index contributed by atoms with van der Waals surface area (Å²) >= 11 is 5.19. The molecule has 1 aromatic rings. The highest BCUT2D eigenvalue weighted by atomic mass is 32.1. The van der Waals surface area contributed by atoms with Crippen LogP contribution in [0.3, 0.4) is 0 Å². The summed E-state index contributed by atoms with van der Waals surface area (Å²) in [7, 11) is 1.64. The summed E-state index contributed by atoms with van der Waals surface area (Å²) in [5.41, 5.74) is -0.501. The van der Waals surface area contributed by atoms with Crippen LogP contribution in [0.2, 0.25) is 0 Å². The number of H-pyrrole nitrogens is 1. The average Bonchev–Trinajstić information content (AvgIpc) is 2.60. The summed E-state index contributed by atoms with van der Waals surface area (Å²) in [5, 5.41) is 9.65. The van der Waals surface area contributed by atoms with Crippen molar-refractivity contribution in [2.45, 2.75) is 40.2 Å². The molecule has 0 aromatic carbocycles. The minimum atomic E-state index is -0.501. The van der Waals surface area contributed by atoms with Crippen LogP contribution in [0, 0.1) is 10.2 Å². The number of nitrogens with zero attached hydrogens (tertiary/aromatic N) is 2. The Balaban J connectivity index is 2.98. The van der Waals surface area contributed by atoms with E-state index >= 15 is 0 Å². The molecule has 0 saturated carbocycles.